The molecule has 1 heterocycles. The number of carbonyl (C=O) groups excluding carboxylic acids is 3. The molecule has 0 radical (unpaired) electrons. The molecule has 1 aliphatic rings. The Balaban J connectivity index is 1.52. The molecule has 0 aromatic heterocycles. The highest BCUT2D eigenvalue weighted by atomic mass is 16.2. The minimum atomic E-state index is -0.410. The highest BCUT2D eigenvalue weighted by Crippen LogP contribution is 2.20. The first-order valence-electron chi connectivity index (χ1n) is 10.2. The van der Waals surface area contributed by atoms with Crippen LogP contribution >= 0.6 is 0 Å². The molecule has 0 unspecified atom stereocenters. The third-order valence-electron chi connectivity index (χ3n) is 5.26. The minimum Gasteiger partial charge on any atom is -0.345 e. The Bertz CT molecular complexity index is 1070. The van der Waals surface area contributed by atoms with Crippen LogP contribution in [-0.2, 0) is 17.8 Å². The number of imide groups is 1. The first kappa shape index (κ1) is 20.3. The molecule has 1 fully saturated rings. The molecule has 4 amide bonds. The normalized spacial score (nSPS) is 14.3. The fourth-order valence-electron chi connectivity index (χ4n) is 3.64. The first-order chi connectivity index (χ1) is 15.1. The second-order valence-corrected chi connectivity index (χ2v) is 7.47. The van der Waals surface area contributed by atoms with Gasteiger partial charge in [-0.15, -0.1) is 0 Å². The monoisotopic (exact) mass is 413 g/mol. The van der Waals surface area contributed by atoms with Crippen molar-refractivity contribution < 1.29 is 14.4 Å². The molecule has 1 atom stereocenters. The van der Waals surface area contributed by atoms with E-state index in [1.807, 2.05) is 60.7 Å². The number of urea groups is 1. The van der Waals surface area contributed by atoms with Crippen LogP contribution in [0.15, 0.2) is 84.9 Å². The lowest BCUT2D eigenvalue weighted by atomic mass is 9.98. The summed E-state index contributed by atoms with van der Waals surface area (Å²) in [7, 11) is 0. The minimum absolute atomic E-state index is 0.0112. The number of benzene rings is 3. The lowest BCUT2D eigenvalue weighted by Gasteiger charge is -2.20. The van der Waals surface area contributed by atoms with Gasteiger partial charge in [0.25, 0.3) is 5.91 Å². The summed E-state index contributed by atoms with van der Waals surface area (Å²) in [6.45, 7) is 0.148. The van der Waals surface area contributed by atoms with Gasteiger partial charge in [-0.1, -0.05) is 72.8 Å². The Morgan fingerprint density at radius 2 is 1.58 bits per heavy atom. The van der Waals surface area contributed by atoms with Crippen molar-refractivity contribution in [2.45, 2.75) is 19.0 Å². The molecule has 0 spiro atoms. The molecule has 0 saturated carbocycles. The van der Waals surface area contributed by atoms with Crippen molar-refractivity contribution in [1.82, 2.24) is 15.5 Å². The Kier molecular flexibility index (Phi) is 6.08. The topological polar surface area (TPSA) is 78.5 Å². The smallest absolute Gasteiger partial charge is 0.324 e. The second-order valence-electron chi connectivity index (χ2n) is 7.47. The molecule has 3 aromatic carbocycles. The van der Waals surface area contributed by atoms with E-state index < -0.39 is 6.03 Å². The molecule has 4 rings (SSSR count). The third kappa shape index (κ3) is 4.98. The van der Waals surface area contributed by atoms with E-state index in [1.54, 1.807) is 24.3 Å². The van der Waals surface area contributed by atoms with Gasteiger partial charge in [-0.2, -0.15) is 0 Å². The van der Waals surface area contributed by atoms with Crippen molar-refractivity contribution >= 4 is 17.8 Å². The standard InChI is InChI=1S/C25H23N3O3/c29-23-16-26-25(31)28(23)17-19-10-7-13-21(14-19)24(30)27-22(20-11-5-2-6-12-20)15-18-8-3-1-4-9-18/h1-14,22H,15-17H2,(H,26,31)(H,27,30)/t22-/m1/s1. The molecule has 3 aromatic rings. The van der Waals surface area contributed by atoms with Crippen LogP contribution in [0.3, 0.4) is 0 Å². The highest BCUT2D eigenvalue weighted by molar-refractivity contribution is 6.02. The summed E-state index contributed by atoms with van der Waals surface area (Å²) in [6, 6.07) is 26.3. The van der Waals surface area contributed by atoms with Gasteiger partial charge in [0.2, 0.25) is 5.91 Å². The van der Waals surface area contributed by atoms with E-state index in [4.69, 9.17) is 0 Å². The lowest BCUT2D eigenvalue weighted by Crippen LogP contribution is -2.31. The van der Waals surface area contributed by atoms with Crippen LogP contribution in [0.2, 0.25) is 0 Å². The van der Waals surface area contributed by atoms with E-state index in [1.165, 1.54) is 0 Å². The maximum atomic E-state index is 13.1. The zero-order valence-electron chi connectivity index (χ0n) is 17.0. The van der Waals surface area contributed by atoms with Crippen molar-refractivity contribution in [2.75, 3.05) is 6.54 Å². The summed E-state index contributed by atoms with van der Waals surface area (Å²) in [6.07, 6.45) is 0.665. The first-order valence-corrected chi connectivity index (χ1v) is 10.2. The van der Waals surface area contributed by atoms with E-state index in [-0.39, 0.29) is 30.9 Å². The van der Waals surface area contributed by atoms with Gasteiger partial charge in [-0.3, -0.25) is 14.5 Å². The van der Waals surface area contributed by atoms with Crippen LogP contribution in [0, 0.1) is 0 Å². The van der Waals surface area contributed by atoms with E-state index in [2.05, 4.69) is 10.6 Å². The summed E-state index contributed by atoms with van der Waals surface area (Å²) < 4.78 is 0. The maximum Gasteiger partial charge on any atom is 0.324 e. The van der Waals surface area contributed by atoms with Gasteiger partial charge in [-0.25, -0.2) is 4.79 Å². The van der Waals surface area contributed by atoms with Gasteiger partial charge in [0, 0.05) is 5.56 Å². The SMILES string of the molecule is O=C(N[C@H](Cc1ccccc1)c1ccccc1)c1cccc(CN2C(=O)CNC2=O)c1. The van der Waals surface area contributed by atoms with Gasteiger partial charge >= 0.3 is 6.03 Å². The van der Waals surface area contributed by atoms with Crippen molar-refractivity contribution in [2.24, 2.45) is 0 Å². The predicted octanol–water partition coefficient (Wildman–Crippen LogP) is 3.45. The van der Waals surface area contributed by atoms with Gasteiger partial charge in [-0.05, 0) is 35.2 Å². The van der Waals surface area contributed by atoms with Gasteiger partial charge in [0.1, 0.15) is 0 Å². The van der Waals surface area contributed by atoms with Crippen LogP contribution in [0.25, 0.3) is 0 Å². The summed E-state index contributed by atoms with van der Waals surface area (Å²) in [4.78, 5) is 37.9. The lowest BCUT2D eigenvalue weighted by molar-refractivity contribution is -0.125. The zero-order chi connectivity index (χ0) is 21.6. The van der Waals surface area contributed by atoms with Crippen LogP contribution in [0.5, 0.6) is 0 Å². The number of hydrogen-bond donors (Lipinski definition) is 2. The Morgan fingerprint density at radius 1 is 0.903 bits per heavy atom. The van der Waals surface area contributed by atoms with E-state index in [0.29, 0.717) is 12.0 Å². The maximum absolute atomic E-state index is 13.1. The number of amides is 4. The fraction of sp³-hybridized carbons (Fsp3) is 0.160. The summed E-state index contributed by atoms with van der Waals surface area (Å²) >= 11 is 0. The Hall–Kier alpha value is -3.93. The molecule has 6 heteroatoms. The highest BCUT2D eigenvalue weighted by Gasteiger charge is 2.28. The predicted molar refractivity (Wildman–Crippen MR) is 117 cm³/mol. The molecule has 6 nitrogen and oxygen atoms in total. The average molecular weight is 413 g/mol. The second kappa shape index (κ2) is 9.26. The van der Waals surface area contributed by atoms with Gasteiger partial charge in [0.05, 0.1) is 19.1 Å². The Labute approximate surface area is 180 Å². The molecule has 0 bridgehead atoms. The van der Waals surface area contributed by atoms with Crippen molar-refractivity contribution in [3.8, 4) is 0 Å². The number of nitrogens with zero attached hydrogens (tertiary/aromatic N) is 1. The quantitative estimate of drug-likeness (QED) is 0.583. The Morgan fingerprint density at radius 3 is 2.26 bits per heavy atom. The van der Waals surface area contributed by atoms with Crippen molar-refractivity contribution in [3.05, 3.63) is 107 Å². The fourth-order valence-corrected chi connectivity index (χ4v) is 3.64. The number of nitrogens with one attached hydrogen (secondary N) is 2. The largest absolute Gasteiger partial charge is 0.345 e. The molecule has 0 aliphatic carbocycles. The van der Waals surface area contributed by atoms with E-state index in [0.717, 1.165) is 21.6 Å². The van der Waals surface area contributed by atoms with Crippen LogP contribution in [0.1, 0.15) is 33.1 Å². The van der Waals surface area contributed by atoms with E-state index in [9.17, 15) is 14.4 Å². The van der Waals surface area contributed by atoms with Gasteiger partial charge in [0.15, 0.2) is 0 Å². The number of hydrogen-bond acceptors (Lipinski definition) is 3. The van der Waals surface area contributed by atoms with Crippen molar-refractivity contribution in [3.63, 3.8) is 0 Å². The van der Waals surface area contributed by atoms with Crippen LogP contribution in [-0.4, -0.2) is 29.3 Å². The van der Waals surface area contributed by atoms with Crippen molar-refractivity contribution in [1.29, 1.82) is 0 Å². The molecular weight excluding hydrogens is 390 g/mol. The summed E-state index contributed by atoms with van der Waals surface area (Å²) in [5, 5.41) is 5.64. The third-order valence-corrected chi connectivity index (χ3v) is 5.26. The average Bonchev–Trinajstić information content (AvgIpc) is 3.12. The molecule has 156 valence electrons. The van der Waals surface area contributed by atoms with Crippen LogP contribution in [0.4, 0.5) is 4.79 Å². The molecule has 2 N–H and O–H groups in total. The number of rotatable bonds is 7. The molecule has 1 aliphatic heterocycles. The molecular formula is C25H23N3O3. The van der Waals surface area contributed by atoms with Gasteiger partial charge < -0.3 is 10.6 Å². The molecule has 31 heavy (non-hydrogen) atoms. The zero-order valence-corrected chi connectivity index (χ0v) is 17.0. The van der Waals surface area contributed by atoms with Crippen LogP contribution < -0.4 is 10.6 Å². The number of carbonyl (C=O) groups is 3. The summed E-state index contributed by atoms with van der Waals surface area (Å²) in [5.74, 6) is -0.476. The molecule has 1 saturated heterocycles. The van der Waals surface area contributed by atoms with E-state index >= 15 is 0 Å². The summed E-state index contributed by atoms with van der Waals surface area (Å²) in [5.41, 5.74) is 3.36.